The second-order valence-corrected chi connectivity index (χ2v) is 6.87. The number of para-hydroxylation sites is 2. The van der Waals surface area contributed by atoms with Gasteiger partial charge in [-0.1, -0.05) is 42.3 Å². The van der Waals surface area contributed by atoms with Gasteiger partial charge in [0.1, 0.15) is 11.5 Å². The fraction of sp³-hybridized carbons (Fsp3) is 0. The molecule has 0 aromatic heterocycles. The van der Waals surface area contributed by atoms with Crippen molar-refractivity contribution in [3.8, 4) is 23.8 Å². The highest BCUT2D eigenvalue weighted by atomic mass is 31.2. The van der Waals surface area contributed by atoms with Gasteiger partial charge in [-0.05, 0) is 48.5 Å². The number of hydrogen-bond acceptors (Lipinski definition) is 3. The molecule has 3 aromatic rings. The molecule has 0 heterocycles. The predicted octanol–water partition coefficient (Wildman–Crippen LogP) is 4.64. The van der Waals surface area contributed by atoms with Crippen molar-refractivity contribution in [2.24, 2.45) is 0 Å². The third kappa shape index (κ3) is 3.68. The third-order valence-electron chi connectivity index (χ3n) is 3.29. The summed E-state index contributed by atoms with van der Waals surface area (Å²) >= 11 is 0. The summed E-state index contributed by atoms with van der Waals surface area (Å²) in [6.45, 7) is 0. The van der Waals surface area contributed by atoms with Crippen LogP contribution in [-0.2, 0) is 4.57 Å². The van der Waals surface area contributed by atoms with Gasteiger partial charge in [0.25, 0.3) is 0 Å². The van der Waals surface area contributed by atoms with Crippen molar-refractivity contribution >= 4 is 12.9 Å². The minimum atomic E-state index is -3.61. The average Bonchev–Trinajstić information content (AvgIpc) is 2.63. The van der Waals surface area contributed by atoms with E-state index in [1.54, 1.807) is 48.5 Å². The van der Waals surface area contributed by atoms with Crippen LogP contribution in [0.2, 0.25) is 0 Å². The monoisotopic (exact) mass is 334 g/mol. The van der Waals surface area contributed by atoms with Gasteiger partial charge in [0, 0.05) is 5.56 Å². The van der Waals surface area contributed by atoms with Crippen LogP contribution in [0.3, 0.4) is 0 Å². The molecule has 0 radical (unpaired) electrons. The number of rotatable bonds is 5. The zero-order valence-corrected chi connectivity index (χ0v) is 13.7. The highest BCUT2D eigenvalue weighted by Crippen LogP contribution is 2.47. The van der Waals surface area contributed by atoms with Crippen LogP contribution in [0.15, 0.2) is 84.9 Å². The van der Waals surface area contributed by atoms with E-state index in [0.717, 1.165) is 0 Å². The highest BCUT2D eigenvalue weighted by molar-refractivity contribution is 7.63. The van der Waals surface area contributed by atoms with Gasteiger partial charge in [-0.2, -0.15) is 0 Å². The van der Waals surface area contributed by atoms with Gasteiger partial charge in [0.2, 0.25) is 0 Å². The van der Waals surface area contributed by atoms with E-state index in [1.165, 1.54) is 0 Å². The van der Waals surface area contributed by atoms with Gasteiger partial charge < -0.3 is 9.05 Å². The molecule has 3 rings (SSSR count). The summed E-state index contributed by atoms with van der Waals surface area (Å²) in [5, 5.41) is 0.439. The molecular weight excluding hydrogens is 319 g/mol. The Labute approximate surface area is 141 Å². The maximum absolute atomic E-state index is 13.5. The van der Waals surface area contributed by atoms with Crippen LogP contribution in [0.1, 0.15) is 5.56 Å². The molecule has 0 saturated carbocycles. The Morgan fingerprint density at radius 2 is 1.17 bits per heavy atom. The zero-order valence-electron chi connectivity index (χ0n) is 12.8. The average molecular weight is 334 g/mol. The minimum absolute atomic E-state index is 0.439. The van der Waals surface area contributed by atoms with Gasteiger partial charge in [0.05, 0.1) is 5.30 Å². The maximum atomic E-state index is 13.5. The Kier molecular flexibility index (Phi) is 4.70. The quantitative estimate of drug-likeness (QED) is 0.503. The van der Waals surface area contributed by atoms with Crippen molar-refractivity contribution < 1.29 is 13.6 Å². The van der Waals surface area contributed by atoms with E-state index in [4.69, 9.17) is 15.5 Å². The molecule has 3 aromatic carbocycles. The Morgan fingerprint density at radius 1 is 0.708 bits per heavy atom. The van der Waals surface area contributed by atoms with Crippen LogP contribution in [0, 0.1) is 12.3 Å². The molecule has 0 N–H and O–H groups in total. The third-order valence-corrected chi connectivity index (χ3v) is 5.12. The molecule has 3 nitrogen and oxygen atoms in total. The normalized spacial score (nSPS) is 10.6. The number of terminal acetylenes is 1. The van der Waals surface area contributed by atoms with Crippen molar-refractivity contribution in [3.63, 3.8) is 0 Å². The Bertz CT molecular complexity index is 836. The van der Waals surface area contributed by atoms with Crippen LogP contribution >= 0.6 is 7.60 Å². The molecule has 0 spiro atoms. The van der Waals surface area contributed by atoms with Crippen molar-refractivity contribution in [2.75, 3.05) is 0 Å². The van der Waals surface area contributed by atoms with Gasteiger partial charge in [-0.15, -0.1) is 6.42 Å². The van der Waals surface area contributed by atoms with Crippen LogP contribution in [0.4, 0.5) is 0 Å². The molecule has 0 atom stereocenters. The van der Waals surface area contributed by atoms with Gasteiger partial charge in [0.15, 0.2) is 0 Å². The SMILES string of the molecule is C#Cc1ccc(P(=O)(Oc2ccccc2)Oc2ccccc2)cc1. The molecule has 0 saturated heterocycles. The van der Waals surface area contributed by atoms with Gasteiger partial charge in [-0.25, -0.2) is 4.57 Å². The first kappa shape index (κ1) is 15.9. The van der Waals surface area contributed by atoms with E-state index in [9.17, 15) is 4.57 Å². The largest absolute Gasteiger partial charge is 0.462 e. The Hall–Kier alpha value is -2.95. The molecule has 0 amide bonds. The van der Waals surface area contributed by atoms with Crippen LogP contribution in [-0.4, -0.2) is 0 Å². The van der Waals surface area contributed by atoms with Gasteiger partial charge in [-0.3, -0.25) is 0 Å². The topological polar surface area (TPSA) is 35.5 Å². The van der Waals surface area contributed by atoms with Crippen LogP contribution in [0.5, 0.6) is 11.5 Å². The minimum Gasteiger partial charge on any atom is -0.413 e. The molecule has 0 bridgehead atoms. The molecule has 0 unspecified atom stereocenters. The smallest absolute Gasteiger partial charge is 0.413 e. The standard InChI is InChI=1S/C20H15O3P/c1-2-17-13-15-20(16-14-17)24(21,22-18-9-5-3-6-10-18)23-19-11-7-4-8-12-19/h1,3-16H. The van der Waals surface area contributed by atoms with E-state index < -0.39 is 7.60 Å². The fourth-order valence-corrected chi connectivity index (χ4v) is 3.67. The summed E-state index contributed by atoms with van der Waals surface area (Å²) in [5.74, 6) is 3.47. The van der Waals surface area contributed by atoms with E-state index in [0.29, 0.717) is 22.4 Å². The van der Waals surface area contributed by atoms with Crippen molar-refractivity contribution in [2.45, 2.75) is 0 Å². The van der Waals surface area contributed by atoms with Crippen molar-refractivity contribution in [1.29, 1.82) is 0 Å². The second-order valence-electron chi connectivity index (χ2n) is 5.00. The van der Waals surface area contributed by atoms with Crippen molar-refractivity contribution in [3.05, 3.63) is 90.5 Å². The highest BCUT2D eigenvalue weighted by Gasteiger charge is 2.31. The molecule has 24 heavy (non-hydrogen) atoms. The zero-order chi connectivity index (χ0) is 16.8. The van der Waals surface area contributed by atoms with E-state index in [-0.39, 0.29) is 0 Å². The molecule has 118 valence electrons. The fourth-order valence-electron chi connectivity index (χ4n) is 2.10. The van der Waals surface area contributed by atoms with Crippen LogP contribution in [0.25, 0.3) is 0 Å². The first-order valence-electron chi connectivity index (χ1n) is 7.36. The summed E-state index contributed by atoms with van der Waals surface area (Å²) in [6, 6.07) is 24.6. The molecule has 0 aliphatic heterocycles. The summed E-state index contributed by atoms with van der Waals surface area (Å²) < 4.78 is 25.0. The lowest BCUT2D eigenvalue weighted by molar-refractivity contribution is 0.399. The van der Waals surface area contributed by atoms with E-state index in [1.807, 2.05) is 36.4 Å². The number of hydrogen-bond donors (Lipinski definition) is 0. The summed E-state index contributed by atoms with van der Waals surface area (Å²) in [4.78, 5) is 0. The van der Waals surface area contributed by atoms with Gasteiger partial charge >= 0.3 is 7.60 Å². The van der Waals surface area contributed by atoms with Crippen LogP contribution < -0.4 is 14.4 Å². The number of benzene rings is 3. The lowest BCUT2D eigenvalue weighted by Crippen LogP contribution is -2.14. The van der Waals surface area contributed by atoms with Crippen molar-refractivity contribution in [1.82, 2.24) is 0 Å². The second kappa shape index (κ2) is 7.08. The lowest BCUT2D eigenvalue weighted by atomic mass is 10.2. The molecular formula is C20H15O3P. The molecule has 0 aliphatic rings. The molecule has 0 aliphatic carbocycles. The lowest BCUT2D eigenvalue weighted by Gasteiger charge is -2.20. The first-order valence-corrected chi connectivity index (χ1v) is 8.90. The summed E-state index contributed by atoms with van der Waals surface area (Å²) in [7, 11) is -3.61. The predicted molar refractivity (Wildman–Crippen MR) is 95.8 cm³/mol. The summed E-state index contributed by atoms with van der Waals surface area (Å²) in [6.07, 6.45) is 5.37. The molecule has 0 fully saturated rings. The van der Waals surface area contributed by atoms with E-state index >= 15 is 0 Å². The Morgan fingerprint density at radius 3 is 1.58 bits per heavy atom. The maximum Gasteiger partial charge on any atom is 0.462 e. The Balaban J connectivity index is 1.99. The summed E-state index contributed by atoms with van der Waals surface area (Å²) in [5.41, 5.74) is 0.699. The van der Waals surface area contributed by atoms with E-state index in [2.05, 4.69) is 5.92 Å². The molecule has 4 heteroatoms. The first-order chi connectivity index (χ1) is 11.7.